The Bertz CT molecular complexity index is 588. The van der Waals surface area contributed by atoms with Gasteiger partial charge in [0.15, 0.2) is 0 Å². The molecule has 0 heterocycles. The van der Waals surface area contributed by atoms with Crippen molar-refractivity contribution < 1.29 is 14.6 Å². The van der Waals surface area contributed by atoms with Gasteiger partial charge in [-0.05, 0) is 42.5 Å². The van der Waals surface area contributed by atoms with Gasteiger partial charge in [0.25, 0.3) is 0 Å². The first-order valence-electron chi connectivity index (χ1n) is 6.08. The fourth-order valence-corrected chi connectivity index (χ4v) is 1.99. The maximum absolute atomic E-state index is 11.1. The second kappa shape index (κ2) is 5.08. The Morgan fingerprint density at radius 2 is 2.00 bits per heavy atom. The third kappa shape index (κ3) is 2.30. The van der Waals surface area contributed by atoms with Crippen LogP contribution >= 0.6 is 0 Å². The molecule has 0 unspecified atom stereocenters. The monoisotopic (exact) mass is 244 g/mol. The van der Waals surface area contributed by atoms with Crippen molar-refractivity contribution >= 4 is 16.7 Å². The molecule has 0 bridgehead atoms. The molecule has 0 atom stereocenters. The van der Waals surface area contributed by atoms with Crippen LogP contribution in [0, 0.1) is 0 Å². The molecule has 2 aromatic carbocycles. The van der Waals surface area contributed by atoms with Gasteiger partial charge in [-0.25, -0.2) is 4.79 Å². The number of fused-ring (bicyclic) bond motifs is 1. The molecule has 0 fully saturated rings. The van der Waals surface area contributed by atoms with Crippen LogP contribution in [0.25, 0.3) is 10.8 Å². The Kier molecular flexibility index (Phi) is 3.51. The molecule has 3 nitrogen and oxygen atoms in total. The van der Waals surface area contributed by atoms with Gasteiger partial charge < -0.3 is 9.84 Å². The Morgan fingerprint density at radius 3 is 2.61 bits per heavy atom. The average Bonchev–Trinajstić information content (AvgIpc) is 2.38. The zero-order valence-electron chi connectivity index (χ0n) is 10.6. The second-order valence-electron chi connectivity index (χ2n) is 4.12. The van der Waals surface area contributed by atoms with Crippen LogP contribution in [0.5, 0.6) is 5.75 Å². The number of carboxylic acids is 1. The van der Waals surface area contributed by atoms with Gasteiger partial charge in [0.2, 0.25) is 0 Å². The van der Waals surface area contributed by atoms with E-state index in [9.17, 15) is 4.79 Å². The molecular formula is C15H16O3. The molecule has 18 heavy (non-hydrogen) atoms. The summed E-state index contributed by atoms with van der Waals surface area (Å²) >= 11 is 0. The second-order valence-corrected chi connectivity index (χ2v) is 4.12. The van der Waals surface area contributed by atoms with E-state index in [1.807, 2.05) is 19.1 Å². The Morgan fingerprint density at radius 1 is 1.22 bits per heavy atom. The summed E-state index contributed by atoms with van der Waals surface area (Å²) in [5.74, 6) is -0.292. The topological polar surface area (TPSA) is 46.5 Å². The predicted molar refractivity (Wildman–Crippen MR) is 71.5 cm³/mol. The van der Waals surface area contributed by atoms with E-state index < -0.39 is 5.97 Å². The number of ether oxygens (including phenoxy) is 1. The molecule has 0 aromatic heterocycles. The molecule has 0 spiro atoms. The average molecular weight is 244 g/mol. The van der Waals surface area contributed by atoms with Crippen LogP contribution in [0.4, 0.5) is 0 Å². The minimum Gasteiger partial charge on any atom is -0.493 e. The van der Waals surface area contributed by atoms with Crippen molar-refractivity contribution in [2.24, 2.45) is 0 Å². The fourth-order valence-electron chi connectivity index (χ4n) is 1.99. The van der Waals surface area contributed by atoms with Gasteiger partial charge in [-0.3, -0.25) is 0 Å². The summed E-state index contributed by atoms with van der Waals surface area (Å²) in [6.07, 6.45) is 0.947. The van der Waals surface area contributed by atoms with Gasteiger partial charge in [-0.1, -0.05) is 19.1 Å². The fraction of sp³-hybridized carbons (Fsp3) is 0.267. The Balaban J connectivity index is 2.68. The first-order chi connectivity index (χ1) is 8.65. The number of rotatable bonds is 4. The summed E-state index contributed by atoms with van der Waals surface area (Å²) in [4.78, 5) is 11.1. The van der Waals surface area contributed by atoms with E-state index in [2.05, 4.69) is 13.0 Å². The van der Waals surface area contributed by atoms with Crippen molar-refractivity contribution in [1.82, 2.24) is 0 Å². The Labute approximate surface area is 106 Å². The standard InChI is InChI=1S/C15H16O3/c1-3-10-5-6-11-8-12(15(16)17)9-14(18-4-2)13(11)7-10/h5-9H,3-4H2,1-2H3,(H,16,17). The smallest absolute Gasteiger partial charge is 0.335 e. The molecule has 0 amide bonds. The van der Waals surface area contributed by atoms with Gasteiger partial charge in [-0.2, -0.15) is 0 Å². The third-order valence-corrected chi connectivity index (χ3v) is 2.94. The number of benzene rings is 2. The normalized spacial score (nSPS) is 10.6. The van der Waals surface area contributed by atoms with Gasteiger partial charge in [0.1, 0.15) is 5.75 Å². The van der Waals surface area contributed by atoms with Crippen molar-refractivity contribution in [2.45, 2.75) is 20.3 Å². The molecule has 0 aliphatic rings. The lowest BCUT2D eigenvalue weighted by Crippen LogP contribution is -1.99. The number of aromatic carboxylic acids is 1. The first kappa shape index (κ1) is 12.4. The molecule has 3 heteroatoms. The van der Waals surface area contributed by atoms with Crippen molar-refractivity contribution in [3.05, 3.63) is 41.5 Å². The maximum Gasteiger partial charge on any atom is 0.335 e. The van der Waals surface area contributed by atoms with Gasteiger partial charge in [0, 0.05) is 5.39 Å². The highest BCUT2D eigenvalue weighted by atomic mass is 16.5. The van der Waals surface area contributed by atoms with Crippen molar-refractivity contribution in [2.75, 3.05) is 6.61 Å². The highest BCUT2D eigenvalue weighted by Gasteiger charge is 2.10. The zero-order chi connectivity index (χ0) is 13.1. The minimum absolute atomic E-state index is 0.259. The number of carbonyl (C=O) groups is 1. The lowest BCUT2D eigenvalue weighted by atomic mass is 10.0. The number of aryl methyl sites for hydroxylation is 1. The van der Waals surface area contributed by atoms with Crippen molar-refractivity contribution in [3.63, 3.8) is 0 Å². The van der Waals surface area contributed by atoms with Crippen LogP contribution in [-0.2, 0) is 6.42 Å². The highest BCUT2D eigenvalue weighted by Crippen LogP contribution is 2.29. The summed E-state index contributed by atoms with van der Waals surface area (Å²) in [6.45, 7) is 4.50. The summed E-state index contributed by atoms with van der Waals surface area (Å²) in [5, 5.41) is 11.0. The molecule has 0 aliphatic carbocycles. The van der Waals surface area contributed by atoms with E-state index >= 15 is 0 Å². The molecule has 94 valence electrons. The molecule has 0 saturated carbocycles. The largest absolute Gasteiger partial charge is 0.493 e. The zero-order valence-corrected chi connectivity index (χ0v) is 10.6. The van der Waals surface area contributed by atoms with Gasteiger partial charge in [-0.15, -0.1) is 0 Å². The summed E-state index contributed by atoms with van der Waals surface area (Å²) in [5.41, 5.74) is 1.47. The van der Waals surface area contributed by atoms with Crippen molar-refractivity contribution in [3.8, 4) is 5.75 Å². The Hall–Kier alpha value is -2.03. The van der Waals surface area contributed by atoms with Crippen LogP contribution in [-0.4, -0.2) is 17.7 Å². The molecule has 1 N–H and O–H groups in total. The van der Waals surface area contributed by atoms with Gasteiger partial charge in [0.05, 0.1) is 12.2 Å². The molecule has 0 aliphatic heterocycles. The quantitative estimate of drug-likeness (QED) is 0.895. The number of hydrogen-bond donors (Lipinski definition) is 1. The van der Waals surface area contributed by atoms with Crippen LogP contribution in [0.1, 0.15) is 29.8 Å². The lowest BCUT2D eigenvalue weighted by molar-refractivity contribution is 0.0696. The number of carboxylic acid groups (broad SMARTS) is 1. The van der Waals surface area contributed by atoms with E-state index in [4.69, 9.17) is 9.84 Å². The van der Waals surface area contributed by atoms with Crippen LogP contribution < -0.4 is 4.74 Å². The SMILES string of the molecule is CCOc1cc(C(=O)O)cc2ccc(CC)cc12. The lowest BCUT2D eigenvalue weighted by Gasteiger charge is -2.10. The van der Waals surface area contributed by atoms with E-state index in [0.29, 0.717) is 12.4 Å². The van der Waals surface area contributed by atoms with Crippen LogP contribution in [0.3, 0.4) is 0 Å². The van der Waals surface area contributed by atoms with Crippen molar-refractivity contribution in [1.29, 1.82) is 0 Å². The molecule has 0 radical (unpaired) electrons. The van der Waals surface area contributed by atoms with E-state index in [0.717, 1.165) is 17.2 Å². The van der Waals surface area contributed by atoms with Gasteiger partial charge >= 0.3 is 5.97 Å². The minimum atomic E-state index is -0.933. The summed E-state index contributed by atoms with van der Waals surface area (Å²) in [7, 11) is 0. The number of hydrogen-bond acceptors (Lipinski definition) is 2. The summed E-state index contributed by atoms with van der Waals surface area (Å²) in [6, 6.07) is 9.30. The predicted octanol–water partition coefficient (Wildman–Crippen LogP) is 3.50. The maximum atomic E-state index is 11.1. The van der Waals surface area contributed by atoms with Crippen LogP contribution in [0.15, 0.2) is 30.3 Å². The molecule has 2 aromatic rings. The van der Waals surface area contributed by atoms with E-state index in [1.54, 1.807) is 12.1 Å². The molecule has 0 saturated heterocycles. The molecular weight excluding hydrogens is 228 g/mol. The highest BCUT2D eigenvalue weighted by molar-refractivity contribution is 5.97. The van der Waals surface area contributed by atoms with E-state index in [1.165, 1.54) is 5.56 Å². The molecule has 2 rings (SSSR count). The third-order valence-electron chi connectivity index (χ3n) is 2.94. The van der Waals surface area contributed by atoms with Crippen LogP contribution in [0.2, 0.25) is 0 Å². The summed E-state index contributed by atoms with van der Waals surface area (Å²) < 4.78 is 5.55. The first-order valence-corrected chi connectivity index (χ1v) is 6.08. The van der Waals surface area contributed by atoms with E-state index in [-0.39, 0.29) is 5.56 Å².